The Balaban J connectivity index is 2.06. The van der Waals surface area contributed by atoms with Gasteiger partial charge in [-0.25, -0.2) is 0 Å². The summed E-state index contributed by atoms with van der Waals surface area (Å²) in [6, 6.07) is 23.7. The van der Waals surface area contributed by atoms with Crippen molar-refractivity contribution < 1.29 is 4.92 Å². The van der Waals surface area contributed by atoms with E-state index in [4.69, 9.17) is 0 Å². The lowest BCUT2D eigenvalue weighted by Gasteiger charge is -1.93. The maximum absolute atomic E-state index is 10.8. The number of hydrogen-bond acceptors (Lipinski definition) is 2. The molecule has 4 rings (SSSR count). The van der Waals surface area contributed by atoms with Crippen LogP contribution >= 0.6 is 10.5 Å². The fraction of sp³-hybridized carbons (Fsp3) is 0. The van der Waals surface area contributed by atoms with E-state index < -0.39 is 0 Å². The van der Waals surface area contributed by atoms with Gasteiger partial charge in [0.05, 0.1) is 4.92 Å². The van der Waals surface area contributed by atoms with Crippen LogP contribution in [0.4, 0.5) is 5.69 Å². The first-order valence-corrected chi connectivity index (χ1v) is 8.15. The number of hydrogen-bond donors (Lipinski definition) is 0. The lowest BCUT2D eigenvalue weighted by Crippen LogP contribution is -1.86. The number of nitro benzene ring substituents is 1. The molecule has 3 aromatic carbocycles. The van der Waals surface area contributed by atoms with Crippen LogP contribution in [-0.2, 0) is 0 Å². The van der Waals surface area contributed by atoms with Crippen LogP contribution in [0.1, 0.15) is 0 Å². The van der Waals surface area contributed by atoms with Gasteiger partial charge in [-0.3, -0.25) is 10.1 Å². The van der Waals surface area contributed by atoms with Gasteiger partial charge in [0, 0.05) is 45.5 Å². The van der Waals surface area contributed by atoms with Crippen LogP contribution in [0.25, 0.3) is 25.1 Å². The van der Waals surface area contributed by atoms with Crippen molar-refractivity contribution in [2.24, 2.45) is 0 Å². The van der Waals surface area contributed by atoms with Gasteiger partial charge in [-0.05, 0) is 24.3 Å². The van der Waals surface area contributed by atoms with Gasteiger partial charge in [0.2, 0.25) is 0 Å². The first kappa shape index (κ1) is 13.0. The quantitative estimate of drug-likeness (QED) is 0.273. The number of thiophene rings is 1. The molecule has 0 N–H and O–H groups in total. The molecule has 106 valence electrons. The van der Waals surface area contributed by atoms with Gasteiger partial charge in [0.15, 0.2) is 14.3 Å². The molecule has 0 atom stereocenters. The van der Waals surface area contributed by atoms with E-state index in [0.29, 0.717) is 0 Å². The third kappa shape index (κ3) is 1.89. The summed E-state index contributed by atoms with van der Waals surface area (Å²) >= 11 is 0. The van der Waals surface area contributed by atoms with E-state index in [0.717, 1.165) is 4.90 Å². The van der Waals surface area contributed by atoms with Gasteiger partial charge >= 0.3 is 0 Å². The molecule has 0 radical (unpaired) electrons. The summed E-state index contributed by atoms with van der Waals surface area (Å²) in [7, 11) is -0.185. The SMILES string of the molecule is O=[N+]([O-])c1ccc(-[s+]2c3ccccc3c3ccccc32)cc1. The predicted octanol–water partition coefficient (Wildman–Crippen LogP) is 5.64. The molecular weight excluding hydrogens is 294 g/mol. The average molecular weight is 306 g/mol. The lowest BCUT2D eigenvalue weighted by molar-refractivity contribution is -0.384. The van der Waals surface area contributed by atoms with Gasteiger partial charge in [0.1, 0.15) is 0 Å². The monoisotopic (exact) mass is 306 g/mol. The van der Waals surface area contributed by atoms with Crippen molar-refractivity contribution >= 4 is 36.3 Å². The second-order valence-electron chi connectivity index (χ2n) is 5.05. The van der Waals surface area contributed by atoms with Crippen molar-refractivity contribution in [2.45, 2.75) is 0 Å². The molecule has 22 heavy (non-hydrogen) atoms. The van der Waals surface area contributed by atoms with E-state index in [1.165, 1.54) is 20.2 Å². The summed E-state index contributed by atoms with van der Waals surface area (Å²) in [5, 5.41) is 13.4. The largest absolute Gasteiger partial charge is 0.269 e. The highest BCUT2D eigenvalue weighted by Gasteiger charge is 2.23. The first-order chi connectivity index (χ1) is 10.8. The molecule has 0 saturated carbocycles. The summed E-state index contributed by atoms with van der Waals surface area (Å²) in [6.45, 7) is 0. The highest BCUT2D eigenvalue weighted by Crippen LogP contribution is 2.48. The standard InChI is InChI=1S/C18H12NO2S/c20-19(21)13-9-11-14(12-10-13)22-17-7-3-1-5-15(17)16-6-2-4-8-18(16)22/h1-12H/q+1. The molecule has 0 spiro atoms. The zero-order chi connectivity index (χ0) is 15.1. The van der Waals surface area contributed by atoms with Crippen molar-refractivity contribution in [3.63, 3.8) is 0 Å². The molecule has 0 unspecified atom stereocenters. The zero-order valence-electron chi connectivity index (χ0n) is 11.6. The summed E-state index contributed by atoms with van der Waals surface area (Å²) in [5.41, 5.74) is 0.133. The summed E-state index contributed by atoms with van der Waals surface area (Å²) in [4.78, 5) is 11.6. The number of benzene rings is 3. The normalized spacial score (nSPS) is 11.1. The molecular formula is C18H12NO2S+. The minimum absolute atomic E-state index is 0.133. The van der Waals surface area contributed by atoms with Crippen LogP contribution in [0.5, 0.6) is 0 Å². The maximum Gasteiger partial charge on any atom is 0.269 e. The summed E-state index contributed by atoms with van der Waals surface area (Å²) in [5.74, 6) is 0. The second kappa shape index (κ2) is 4.93. The Morgan fingerprint density at radius 1 is 0.727 bits per heavy atom. The lowest BCUT2D eigenvalue weighted by atomic mass is 10.2. The van der Waals surface area contributed by atoms with E-state index in [2.05, 4.69) is 48.5 Å². The van der Waals surface area contributed by atoms with E-state index in [-0.39, 0.29) is 21.1 Å². The predicted molar refractivity (Wildman–Crippen MR) is 91.9 cm³/mol. The molecule has 0 aliphatic carbocycles. The third-order valence-corrected chi connectivity index (χ3v) is 6.12. The molecule has 0 amide bonds. The fourth-order valence-corrected chi connectivity index (χ4v) is 5.19. The van der Waals surface area contributed by atoms with Gasteiger partial charge in [-0.2, -0.15) is 0 Å². The van der Waals surface area contributed by atoms with Crippen molar-refractivity contribution in [1.82, 2.24) is 0 Å². The number of nitrogens with zero attached hydrogens (tertiary/aromatic N) is 1. The van der Waals surface area contributed by atoms with Crippen LogP contribution in [0.3, 0.4) is 0 Å². The molecule has 0 bridgehead atoms. The molecule has 0 aliphatic rings. The summed E-state index contributed by atoms with van der Waals surface area (Å²) < 4.78 is 2.58. The highest BCUT2D eigenvalue weighted by molar-refractivity contribution is 7.50. The first-order valence-electron chi connectivity index (χ1n) is 6.93. The number of rotatable bonds is 2. The second-order valence-corrected chi connectivity index (χ2v) is 7.01. The van der Waals surface area contributed by atoms with E-state index >= 15 is 0 Å². The van der Waals surface area contributed by atoms with Crippen molar-refractivity contribution in [1.29, 1.82) is 0 Å². The Bertz CT molecular complexity index is 949. The van der Waals surface area contributed by atoms with Crippen molar-refractivity contribution in [2.75, 3.05) is 0 Å². The Morgan fingerprint density at radius 3 is 1.73 bits per heavy atom. The molecule has 3 nitrogen and oxygen atoms in total. The number of nitro groups is 1. The molecule has 0 aliphatic heterocycles. The molecule has 0 saturated heterocycles. The third-order valence-electron chi connectivity index (χ3n) is 3.79. The molecule has 0 fully saturated rings. The van der Waals surface area contributed by atoms with Crippen LogP contribution in [0.2, 0.25) is 0 Å². The van der Waals surface area contributed by atoms with Crippen molar-refractivity contribution in [3.8, 4) is 4.90 Å². The van der Waals surface area contributed by atoms with E-state index in [9.17, 15) is 10.1 Å². The van der Waals surface area contributed by atoms with E-state index in [1.807, 2.05) is 12.1 Å². The molecule has 1 heterocycles. The van der Waals surface area contributed by atoms with E-state index in [1.54, 1.807) is 12.1 Å². The number of non-ortho nitro benzene ring substituents is 1. The fourth-order valence-electron chi connectivity index (χ4n) is 2.81. The highest BCUT2D eigenvalue weighted by atomic mass is 32.2. The van der Waals surface area contributed by atoms with Crippen molar-refractivity contribution in [3.05, 3.63) is 82.9 Å². The number of fused-ring (bicyclic) bond motifs is 3. The Hall–Kier alpha value is -2.72. The van der Waals surface area contributed by atoms with Crippen LogP contribution in [0, 0.1) is 10.1 Å². The Labute approximate surface area is 129 Å². The van der Waals surface area contributed by atoms with Gasteiger partial charge in [-0.15, -0.1) is 0 Å². The van der Waals surface area contributed by atoms with Gasteiger partial charge in [0.25, 0.3) is 5.69 Å². The smallest absolute Gasteiger partial charge is 0.258 e. The average Bonchev–Trinajstić information content (AvgIpc) is 2.89. The van der Waals surface area contributed by atoms with Gasteiger partial charge < -0.3 is 0 Å². The maximum atomic E-state index is 10.8. The zero-order valence-corrected chi connectivity index (χ0v) is 12.4. The van der Waals surface area contributed by atoms with Crippen LogP contribution in [0.15, 0.2) is 72.8 Å². The minimum Gasteiger partial charge on any atom is -0.258 e. The molecule has 4 heteroatoms. The summed E-state index contributed by atoms with van der Waals surface area (Å²) in [6.07, 6.45) is 0. The Kier molecular flexibility index (Phi) is 2.91. The minimum atomic E-state index is -0.358. The van der Waals surface area contributed by atoms with Crippen LogP contribution < -0.4 is 0 Å². The molecule has 1 aromatic heterocycles. The van der Waals surface area contributed by atoms with Gasteiger partial charge in [-0.1, -0.05) is 24.3 Å². The Morgan fingerprint density at radius 2 is 1.23 bits per heavy atom. The topological polar surface area (TPSA) is 43.1 Å². The van der Waals surface area contributed by atoms with Crippen LogP contribution in [-0.4, -0.2) is 4.92 Å². The molecule has 4 aromatic rings.